The summed E-state index contributed by atoms with van der Waals surface area (Å²) in [6.07, 6.45) is 2.31. The second-order valence-electron chi connectivity index (χ2n) is 24.4. The van der Waals surface area contributed by atoms with Crippen molar-refractivity contribution in [2.24, 2.45) is 0 Å². The number of rotatable bonds is 3. The normalized spacial score (nSPS) is 16.3. The van der Waals surface area contributed by atoms with Crippen LogP contribution in [0.5, 0.6) is 0 Å². The number of benzene rings is 6. The van der Waals surface area contributed by atoms with Gasteiger partial charge in [-0.15, -0.1) is 0 Å². The zero-order valence-electron chi connectivity index (χ0n) is 42.1. The van der Waals surface area contributed by atoms with Crippen LogP contribution < -0.4 is 26.4 Å². The van der Waals surface area contributed by atoms with E-state index in [0.717, 1.165) is 24.1 Å². The van der Waals surface area contributed by atoms with E-state index >= 15 is 0 Å². The van der Waals surface area contributed by atoms with Crippen LogP contribution in [0, 0.1) is 20.8 Å². The average Bonchev–Trinajstić information content (AvgIpc) is 3.60. The maximum absolute atomic E-state index is 7.46. The van der Waals surface area contributed by atoms with Crippen molar-refractivity contribution in [2.45, 2.75) is 151 Å². The number of nitrogens with zero attached hydrogens (tertiary/aromatic N) is 2. The van der Waals surface area contributed by atoms with Crippen molar-refractivity contribution in [3.8, 4) is 11.1 Å². The number of furan rings is 1. The van der Waals surface area contributed by atoms with Gasteiger partial charge in [0.25, 0.3) is 6.71 Å². The smallest absolute Gasteiger partial charge is 0.297 e. The summed E-state index contributed by atoms with van der Waals surface area (Å²) >= 11 is 0. The summed E-state index contributed by atoms with van der Waals surface area (Å²) in [5, 5.41) is 1.17. The maximum atomic E-state index is 7.46. The van der Waals surface area contributed by atoms with Gasteiger partial charge >= 0.3 is 0 Å². The molecule has 0 radical (unpaired) electrons. The van der Waals surface area contributed by atoms with Gasteiger partial charge in [-0.05, 0) is 182 Å². The van der Waals surface area contributed by atoms with E-state index in [1.165, 1.54) is 106 Å². The quantitative estimate of drug-likeness (QED) is 0.165. The van der Waals surface area contributed by atoms with E-state index in [0.29, 0.717) is 0 Å². The van der Waals surface area contributed by atoms with Gasteiger partial charge in [0.2, 0.25) is 0 Å². The van der Waals surface area contributed by atoms with Crippen LogP contribution in [0.3, 0.4) is 0 Å². The monoisotopic (exact) mass is 857 g/mol. The molecule has 10 rings (SSSR count). The fourth-order valence-electron chi connectivity index (χ4n) is 11.2. The molecule has 7 aromatic rings. The van der Waals surface area contributed by atoms with E-state index in [1.807, 2.05) is 0 Å². The van der Waals surface area contributed by atoms with Gasteiger partial charge in [-0.2, -0.15) is 0 Å². The molecule has 3 heterocycles. The molecule has 0 spiro atoms. The standard InChI is InChI=1S/C61H69BN2O/c1-36-27-51-54-52(28-36)64(49-23-21-39(29-38(49)3)44-20-18-17-19-37(44)2)50-35-47-46(60(13,14)25-26-61(47,15)16)34-48(50)62(54)56-55(45-33-40(57(4,5)6)22-24-53(45)65-56)63(51)43-31-41(58(7,8)9)30-42(32-43)59(10,11)12/h17-24,27-35H,25-26H2,1-16H3. The molecule has 3 nitrogen and oxygen atoms in total. The summed E-state index contributed by atoms with van der Waals surface area (Å²) in [6.45, 7) is 37.6. The number of anilines is 6. The Kier molecular flexibility index (Phi) is 9.53. The van der Waals surface area contributed by atoms with Gasteiger partial charge in [-0.25, -0.2) is 0 Å². The Morgan fingerprint density at radius 2 is 1.14 bits per heavy atom. The Balaban J connectivity index is 1.34. The third-order valence-corrected chi connectivity index (χ3v) is 15.4. The van der Waals surface area contributed by atoms with Gasteiger partial charge in [0.15, 0.2) is 0 Å². The minimum atomic E-state index is -0.117. The summed E-state index contributed by atoms with van der Waals surface area (Å²) in [5.74, 6) is 0. The Bertz CT molecular complexity index is 3070. The first kappa shape index (κ1) is 43.4. The van der Waals surface area contributed by atoms with Crippen molar-refractivity contribution in [1.82, 2.24) is 0 Å². The third kappa shape index (κ3) is 6.91. The fourth-order valence-corrected chi connectivity index (χ4v) is 11.2. The van der Waals surface area contributed by atoms with Crippen LogP contribution in [-0.2, 0) is 27.1 Å². The van der Waals surface area contributed by atoms with Crippen LogP contribution in [0.15, 0.2) is 108 Å². The highest BCUT2D eigenvalue weighted by Crippen LogP contribution is 2.52. The van der Waals surface area contributed by atoms with E-state index in [-0.39, 0.29) is 33.8 Å². The third-order valence-electron chi connectivity index (χ3n) is 15.4. The minimum absolute atomic E-state index is 0.0297. The Morgan fingerprint density at radius 1 is 0.538 bits per heavy atom. The van der Waals surface area contributed by atoms with Crippen LogP contribution >= 0.6 is 0 Å². The fraction of sp³-hybridized carbons (Fsp3) is 0.377. The van der Waals surface area contributed by atoms with E-state index in [1.54, 1.807) is 0 Å². The highest BCUT2D eigenvalue weighted by molar-refractivity contribution is 7.00. The van der Waals surface area contributed by atoms with Crippen LogP contribution in [0.25, 0.3) is 22.1 Å². The molecule has 0 unspecified atom stereocenters. The molecule has 0 bridgehead atoms. The summed E-state index contributed by atoms with van der Waals surface area (Å²) in [6, 6.07) is 40.3. The first-order valence-corrected chi connectivity index (χ1v) is 24.2. The molecule has 0 N–H and O–H groups in total. The molecule has 1 aromatic heterocycles. The first-order valence-electron chi connectivity index (χ1n) is 24.2. The van der Waals surface area contributed by atoms with Crippen molar-refractivity contribution in [1.29, 1.82) is 0 Å². The van der Waals surface area contributed by atoms with Gasteiger partial charge in [0.1, 0.15) is 5.58 Å². The molecule has 65 heavy (non-hydrogen) atoms. The second-order valence-corrected chi connectivity index (χ2v) is 24.4. The molecule has 0 saturated heterocycles. The van der Waals surface area contributed by atoms with Crippen LogP contribution in [-0.4, -0.2) is 6.71 Å². The minimum Gasteiger partial charge on any atom is -0.468 e. The Morgan fingerprint density at radius 3 is 1.74 bits per heavy atom. The molecule has 3 aliphatic rings. The van der Waals surface area contributed by atoms with Crippen molar-refractivity contribution >= 4 is 68.4 Å². The van der Waals surface area contributed by atoms with Crippen molar-refractivity contribution in [3.05, 3.63) is 148 Å². The number of hydrogen-bond donors (Lipinski definition) is 0. The molecule has 332 valence electrons. The molecule has 0 atom stereocenters. The highest BCUT2D eigenvalue weighted by atomic mass is 16.3. The first-order chi connectivity index (χ1) is 30.3. The number of fused-ring (bicyclic) bond motifs is 7. The Labute approximate surface area is 390 Å². The lowest BCUT2D eigenvalue weighted by molar-refractivity contribution is 0.332. The van der Waals surface area contributed by atoms with Gasteiger partial charge in [-0.1, -0.05) is 139 Å². The van der Waals surface area contributed by atoms with E-state index in [9.17, 15) is 0 Å². The van der Waals surface area contributed by atoms with Gasteiger partial charge < -0.3 is 14.2 Å². The topological polar surface area (TPSA) is 19.6 Å². The highest BCUT2D eigenvalue weighted by Gasteiger charge is 2.49. The average molecular weight is 857 g/mol. The molecule has 2 aliphatic heterocycles. The van der Waals surface area contributed by atoms with Crippen LogP contribution in [0.2, 0.25) is 0 Å². The van der Waals surface area contributed by atoms with Crippen molar-refractivity contribution < 1.29 is 4.42 Å². The van der Waals surface area contributed by atoms with E-state index in [2.05, 4.69) is 224 Å². The lowest BCUT2D eigenvalue weighted by atomic mass is 9.35. The van der Waals surface area contributed by atoms with Gasteiger partial charge in [0.05, 0.1) is 11.3 Å². The number of hydrogen-bond acceptors (Lipinski definition) is 3. The lowest BCUT2D eigenvalue weighted by Crippen LogP contribution is -2.61. The second kappa shape index (κ2) is 14.3. The molecule has 0 fully saturated rings. The summed E-state index contributed by atoms with van der Waals surface area (Å²) in [7, 11) is 0. The molecule has 0 saturated carbocycles. The summed E-state index contributed by atoms with van der Waals surface area (Å²) < 4.78 is 7.46. The largest absolute Gasteiger partial charge is 0.468 e. The molecule has 4 heteroatoms. The zero-order chi connectivity index (χ0) is 46.5. The molecular weight excluding hydrogens is 787 g/mol. The van der Waals surface area contributed by atoms with Gasteiger partial charge in [0, 0.05) is 33.8 Å². The van der Waals surface area contributed by atoms with E-state index < -0.39 is 0 Å². The van der Waals surface area contributed by atoms with Crippen LogP contribution in [0.1, 0.15) is 147 Å². The molecular formula is C61H69BN2O. The van der Waals surface area contributed by atoms with Gasteiger partial charge in [-0.3, -0.25) is 0 Å². The zero-order valence-corrected chi connectivity index (χ0v) is 42.1. The summed E-state index contributed by atoms with van der Waals surface area (Å²) in [4.78, 5) is 5.23. The number of aryl methyl sites for hydroxylation is 3. The summed E-state index contributed by atoms with van der Waals surface area (Å²) in [5.41, 5.74) is 25.0. The van der Waals surface area contributed by atoms with Crippen molar-refractivity contribution in [3.63, 3.8) is 0 Å². The van der Waals surface area contributed by atoms with Crippen molar-refractivity contribution in [2.75, 3.05) is 9.80 Å². The lowest BCUT2D eigenvalue weighted by Gasteiger charge is -2.47. The molecule has 1 aliphatic carbocycles. The van der Waals surface area contributed by atoms with Crippen LogP contribution in [0.4, 0.5) is 34.1 Å². The SMILES string of the molecule is Cc1cc2c3c(c1)N(c1cc(C(C)(C)C)cc(C(C)(C)C)c1)c1c(oc4ccc(C(C)(C)C)cc14)B3c1cc3c(cc1N2c1ccc(-c2ccccc2C)cc1C)C(C)(C)CCC3(C)C. The predicted octanol–water partition coefficient (Wildman–Crippen LogP) is 15.3. The maximum Gasteiger partial charge on any atom is 0.297 e. The molecule has 0 amide bonds. The molecule has 6 aromatic carbocycles. The Hall–Kier alpha value is -5.48. The van der Waals surface area contributed by atoms with E-state index in [4.69, 9.17) is 4.42 Å². The predicted molar refractivity (Wildman–Crippen MR) is 281 cm³/mol.